The van der Waals surface area contributed by atoms with Crippen molar-refractivity contribution < 1.29 is 19.5 Å². The molecule has 94 valence electrons. The van der Waals surface area contributed by atoms with Crippen LogP contribution in [0.3, 0.4) is 0 Å². The number of rotatable bonds is 4. The van der Waals surface area contributed by atoms with Crippen molar-refractivity contribution in [1.82, 2.24) is 10.6 Å². The summed E-state index contributed by atoms with van der Waals surface area (Å²) >= 11 is 1.39. The summed E-state index contributed by atoms with van der Waals surface area (Å²) in [6, 6.07) is -0.736. The van der Waals surface area contributed by atoms with Gasteiger partial charge in [-0.25, -0.2) is 4.79 Å². The molecule has 1 aliphatic rings. The maximum Gasteiger partial charge on any atom is 0.351 e. The Kier molecular flexibility index (Phi) is 4.56. The third-order valence-electron chi connectivity index (χ3n) is 2.25. The van der Waals surface area contributed by atoms with Crippen LogP contribution in [0.15, 0.2) is 11.3 Å². The monoisotopic (exact) mass is 258 g/mol. The summed E-state index contributed by atoms with van der Waals surface area (Å²) in [7, 11) is 0. The topological polar surface area (TPSA) is 95.5 Å². The second-order valence-electron chi connectivity index (χ2n) is 3.70. The zero-order valence-electron chi connectivity index (χ0n) is 9.52. The van der Waals surface area contributed by atoms with Gasteiger partial charge in [0, 0.05) is 12.7 Å². The van der Waals surface area contributed by atoms with Crippen molar-refractivity contribution >= 4 is 29.9 Å². The number of carbonyl (C=O) groups is 3. The Labute approximate surface area is 103 Å². The lowest BCUT2D eigenvalue weighted by molar-refractivity contribution is -0.133. The van der Waals surface area contributed by atoms with Gasteiger partial charge in [0.1, 0.15) is 23.4 Å². The summed E-state index contributed by atoms with van der Waals surface area (Å²) in [4.78, 5) is 32.7. The minimum atomic E-state index is -1.06. The second-order valence-corrected chi connectivity index (χ2v) is 4.83. The maximum absolute atomic E-state index is 10.9. The zero-order valence-corrected chi connectivity index (χ0v) is 10.3. The van der Waals surface area contributed by atoms with Crippen molar-refractivity contribution in [2.45, 2.75) is 25.3 Å². The quantitative estimate of drug-likeness (QED) is 0.600. The number of carboxylic acid groups (broad SMARTS) is 1. The molecule has 1 heterocycles. The van der Waals surface area contributed by atoms with Gasteiger partial charge in [0.05, 0.1) is 0 Å². The van der Waals surface area contributed by atoms with Crippen LogP contribution in [0.2, 0.25) is 0 Å². The van der Waals surface area contributed by atoms with E-state index < -0.39 is 17.4 Å². The number of thioether (sulfide) groups is 1. The van der Waals surface area contributed by atoms with Crippen LogP contribution in [0.25, 0.3) is 0 Å². The average molecular weight is 258 g/mol. The number of aliphatic carboxylic acids is 1. The first kappa shape index (κ1) is 13.6. The predicted octanol–water partition coefficient (Wildman–Crippen LogP) is -0.289. The normalized spacial score (nSPS) is 21.4. The largest absolute Gasteiger partial charge is 0.477 e. The van der Waals surface area contributed by atoms with Crippen LogP contribution in [0.1, 0.15) is 13.8 Å². The Morgan fingerprint density at radius 2 is 2.29 bits per heavy atom. The lowest BCUT2D eigenvalue weighted by Crippen LogP contribution is -2.51. The number of nitrogens with one attached hydrogen (secondary N) is 2. The van der Waals surface area contributed by atoms with Crippen molar-refractivity contribution in [3.8, 4) is 0 Å². The van der Waals surface area contributed by atoms with E-state index in [1.807, 2.05) is 0 Å². The van der Waals surface area contributed by atoms with Crippen LogP contribution in [-0.4, -0.2) is 40.4 Å². The van der Waals surface area contributed by atoms with Gasteiger partial charge in [-0.3, -0.25) is 4.79 Å². The van der Waals surface area contributed by atoms with Gasteiger partial charge in [-0.15, -0.1) is 11.8 Å². The molecule has 0 bridgehead atoms. The minimum Gasteiger partial charge on any atom is -0.477 e. The number of carboxylic acids is 1. The molecule has 3 N–H and O–H groups in total. The van der Waals surface area contributed by atoms with Gasteiger partial charge in [-0.1, -0.05) is 0 Å². The molecule has 7 heteroatoms. The highest BCUT2D eigenvalue weighted by atomic mass is 32.2. The number of carbonyl (C=O) groups excluding carboxylic acids is 2. The summed E-state index contributed by atoms with van der Waals surface area (Å²) < 4.78 is 0. The third kappa shape index (κ3) is 3.48. The van der Waals surface area contributed by atoms with Crippen LogP contribution in [0, 0.1) is 0 Å². The summed E-state index contributed by atoms with van der Waals surface area (Å²) in [6.45, 7) is 3.02. The SMILES string of the molecule is CC(=O)NC(C=O)C1NC(C(=O)O)=C(C)CS1. The van der Waals surface area contributed by atoms with Crippen molar-refractivity contribution in [2.75, 3.05) is 5.75 Å². The van der Waals surface area contributed by atoms with E-state index in [2.05, 4.69) is 10.6 Å². The van der Waals surface area contributed by atoms with Gasteiger partial charge in [0.2, 0.25) is 5.91 Å². The van der Waals surface area contributed by atoms with E-state index in [0.717, 1.165) is 0 Å². The molecule has 1 aliphatic heterocycles. The first-order valence-corrected chi connectivity index (χ1v) is 6.04. The molecule has 17 heavy (non-hydrogen) atoms. The first-order valence-electron chi connectivity index (χ1n) is 4.99. The molecule has 0 fully saturated rings. The van der Waals surface area contributed by atoms with E-state index in [-0.39, 0.29) is 11.6 Å². The van der Waals surface area contributed by atoms with Gasteiger partial charge in [0.15, 0.2) is 0 Å². The molecular formula is C10H14N2O4S. The molecule has 0 aliphatic carbocycles. The highest BCUT2D eigenvalue weighted by molar-refractivity contribution is 8.00. The van der Waals surface area contributed by atoms with E-state index in [1.165, 1.54) is 18.7 Å². The standard InChI is InChI=1S/C10H14N2O4S/c1-5-4-17-9(12-8(5)10(15)16)7(3-13)11-6(2)14/h3,7,9,12H,4H2,1-2H3,(H,11,14)(H,15,16). The Morgan fingerprint density at radius 1 is 1.65 bits per heavy atom. The van der Waals surface area contributed by atoms with Crippen molar-refractivity contribution in [3.63, 3.8) is 0 Å². The molecule has 0 saturated carbocycles. The summed E-state index contributed by atoms with van der Waals surface area (Å²) in [5.41, 5.74) is 0.817. The van der Waals surface area contributed by atoms with E-state index >= 15 is 0 Å². The summed E-state index contributed by atoms with van der Waals surface area (Å²) in [5.74, 6) is -0.864. The van der Waals surface area contributed by atoms with Gasteiger partial charge < -0.3 is 20.5 Å². The molecule has 0 radical (unpaired) electrons. The van der Waals surface area contributed by atoms with E-state index in [1.54, 1.807) is 6.92 Å². The second kappa shape index (κ2) is 5.72. The first-order chi connectivity index (χ1) is 7.95. The van der Waals surface area contributed by atoms with Crippen LogP contribution in [0.4, 0.5) is 0 Å². The molecular weight excluding hydrogens is 244 g/mol. The van der Waals surface area contributed by atoms with Gasteiger partial charge in [-0.05, 0) is 12.5 Å². The summed E-state index contributed by atoms with van der Waals surface area (Å²) in [6.07, 6.45) is 0.603. The van der Waals surface area contributed by atoms with Gasteiger partial charge in [0.25, 0.3) is 0 Å². The minimum absolute atomic E-state index is 0.103. The fourth-order valence-corrected chi connectivity index (χ4v) is 2.56. The molecule has 1 amide bonds. The van der Waals surface area contributed by atoms with Crippen LogP contribution < -0.4 is 10.6 Å². The Balaban J connectivity index is 2.78. The smallest absolute Gasteiger partial charge is 0.351 e. The van der Waals surface area contributed by atoms with E-state index in [0.29, 0.717) is 17.6 Å². The van der Waals surface area contributed by atoms with E-state index in [9.17, 15) is 14.4 Å². The highest BCUT2D eigenvalue weighted by Gasteiger charge is 2.29. The molecule has 0 spiro atoms. The summed E-state index contributed by atoms with van der Waals surface area (Å²) in [5, 5.41) is 13.7. The molecule has 2 unspecified atom stereocenters. The number of aldehydes is 1. The van der Waals surface area contributed by atoms with Crippen LogP contribution in [0.5, 0.6) is 0 Å². The fraction of sp³-hybridized carbons (Fsp3) is 0.500. The number of hydrogen-bond donors (Lipinski definition) is 3. The Bertz CT molecular complexity index is 381. The Hall–Kier alpha value is -1.50. The molecule has 2 atom stereocenters. The zero-order chi connectivity index (χ0) is 13.0. The molecule has 6 nitrogen and oxygen atoms in total. The lowest BCUT2D eigenvalue weighted by atomic mass is 10.2. The van der Waals surface area contributed by atoms with Crippen LogP contribution in [-0.2, 0) is 14.4 Å². The lowest BCUT2D eigenvalue weighted by Gasteiger charge is -2.29. The van der Waals surface area contributed by atoms with Gasteiger partial charge >= 0.3 is 5.97 Å². The average Bonchev–Trinajstić information content (AvgIpc) is 2.26. The Morgan fingerprint density at radius 3 is 2.76 bits per heavy atom. The van der Waals surface area contributed by atoms with Crippen molar-refractivity contribution in [2.24, 2.45) is 0 Å². The predicted molar refractivity (Wildman–Crippen MR) is 63.4 cm³/mol. The maximum atomic E-state index is 10.9. The molecule has 0 aromatic carbocycles. The molecule has 0 aromatic rings. The third-order valence-corrected chi connectivity index (χ3v) is 3.62. The molecule has 0 saturated heterocycles. The number of amides is 1. The van der Waals surface area contributed by atoms with E-state index in [4.69, 9.17) is 5.11 Å². The number of hydrogen-bond acceptors (Lipinski definition) is 5. The van der Waals surface area contributed by atoms with Crippen molar-refractivity contribution in [3.05, 3.63) is 11.3 Å². The van der Waals surface area contributed by atoms with Gasteiger partial charge in [-0.2, -0.15) is 0 Å². The highest BCUT2D eigenvalue weighted by Crippen LogP contribution is 2.23. The molecule has 0 aromatic heterocycles. The molecule has 1 rings (SSSR count). The van der Waals surface area contributed by atoms with Crippen LogP contribution >= 0.6 is 11.8 Å². The van der Waals surface area contributed by atoms with Crippen molar-refractivity contribution in [1.29, 1.82) is 0 Å². The fourth-order valence-electron chi connectivity index (χ4n) is 1.45.